The summed E-state index contributed by atoms with van der Waals surface area (Å²) in [6.07, 6.45) is 1.32. The number of rotatable bonds is 4. The highest BCUT2D eigenvalue weighted by atomic mass is 35.5. The molecular formula is C22H16ClN3O3. The molecule has 1 aromatic heterocycles. The molecule has 4 rings (SSSR count). The Bertz CT molecular complexity index is 1270. The first-order valence-corrected chi connectivity index (χ1v) is 9.23. The third-order valence-corrected chi connectivity index (χ3v) is 4.80. The fraction of sp³-hybridized carbons (Fsp3) is 0.0455. The molecule has 0 bridgehead atoms. The Hall–Kier alpha value is -3.64. The molecule has 0 atom stereocenters. The van der Waals surface area contributed by atoms with Gasteiger partial charge in [-0.15, -0.1) is 0 Å². The van der Waals surface area contributed by atoms with Gasteiger partial charge in [0.05, 0.1) is 17.2 Å². The molecule has 0 aliphatic rings. The third-order valence-electron chi connectivity index (χ3n) is 4.56. The molecule has 0 saturated carbocycles. The van der Waals surface area contributed by atoms with E-state index in [1.54, 1.807) is 34.9 Å². The molecule has 29 heavy (non-hydrogen) atoms. The van der Waals surface area contributed by atoms with E-state index in [4.69, 9.17) is 11.6 Å². The number of fused-ring (bicyclic) bond motifs is 2. The number of phenolic OH excluding ortho intramolecular Hbond substituents is 1. The van der Waals surface area contributed by atoms with Gasteiger partial charge in [0.25, 0.3) is 5.91 Å². The lowest BCUT2D eigenvalue weighted by molar-refractivity contribution is -0.121. The first-order valence-electron chi connectivity index (χ1n) is 8.85. The molecule has 0 saturated heterocycles. The van der Waals surface area contributed by atoms with Crippen LogP contribution in [-0.4, -0.2) is 21.8 Å². The van der Waals surface area contributed by atoms with E-state index >= 15 is 0 Å². The molecule has 0 aliphatic carbocycles. The number of benzene rings is 3. The van der Waals surface area contributed by atoms with Crippen LogP contribution in [-0.2, 0) is 11.3 Å². The third kappa shape index (κ3) is 3.70. The molecule has 2 N–H and O–H groups in total. The standard InChI is InChI=1S/C22H16ClN3O3/c23-15-9-10-20(27)14(11-15)12-24-25-21(28)13-26-18-7-3-1-5-16(18)22(29)17-6-2-4-8-19(17)26/h1-12,27H,13H2,(H,25,28)/b24-12+. The van der Waals surface area contributed by atoms with Gasteiger partial charge in [-0.2, -0.15) is 5.10 Å². The van der Waals surface area contributed by atoms with Crippen LogP contribution in [0.3, 0.4) is 0 Å². The van der Waals surface area contributed by atoms with Crippen molar-refractivity contribution in [3.05, 3.63) is 87.5 Å². The molecular weight excluding hydrogens is 390 g/mol. The maximum atomic E-state index is 12.7. The predicted octanol–water partition coefficient (Wildman–Crippen LogP) is 3.66. The van der Waals surface area contributed by atoms with Crippen molar-refractivity contribution >= 4 is 45.5 Å². The molecule has 7 heteroatoms. The van der Waals surface area contributed by atoms with E-state index in [2.05, 4.69) is 10.5 Å². The SMILES string of the molecule is O=C(Cn1c2ccccc2c(=O)c2ccccc21)N/N=C/c1cc(Cl)ccc1O. The van der Waals surface area contributed by atoms with Crippen LogP contribution in [0.2, 0.25) is 5.02 Å². The minimum Gasteiger partial charge on any atom is -0.507 e. The van der Waals surface area contributed by atoms with Crippen LogP contribution in [0.25, 0.3) is 21.8 Å². The van der Waals surface area contributed by atoms with Crippen LogP contribution < -0.4 is 10.9 Å². The van der Waals surface area contributed by atoms with Crippen molar-refractivity contribution < 1.29 is 9.90 Å². The van der Waals surface area contributed by atoms with Gasteiger partial charge in [0.15, 0.2) is 5.43 Å². The van der Waals surface area contributed by atoms with Crippen LogP contribution in [0, 0.1) is 0 Å². The quantitative estimate of drug-likeness (QED) is 0.309. The van der Waals surface area contributed by atoms with Crippen molar-refractivity contribution in [2.45, 2.75) is 6.54 Å². The Morgan fingerprint density at radius 2 is 1.66 bits per heavy atom. The van der Waals surface area contributed by atoms with Gasteiger partial charge >= 0.3 is 0 Å². The maximum absolute atomic E-state index is 12.7. The second-order valence-corrected chi connectivity index (χ2v) is 6.88. The van der Waals surface area contributed by atoms with Crippen LogP contribution in [0.15, 0.2) is 76.6 Å². The van der Waals surface area contributed by atoms with E-state index in [1.165, 1.54) is 18.3 Å². The van der Waals surface area contributed by atoms with Gasteiger partial charge in [0.1, 0.15) is 12.3 Å². The number of para-hydroxylation sites is 2. The Morgan fingerprint density at radius 1 is 1.03 bits per heavy atom. The lowest BCUT2D eigenvalue weighted by Crippen LogP contribution is -2.25. The monoisotopic (exact) mass is 405 g/mol. The summed E-state index contributed by atoms with van der Waals surface area (Å²) in [6.45, 7) is -0.0276. The van der Waals surface area contributed by atoms with Crippen LogP contribution in [0.4, 0.5) is 0 Å². The summed E-state index contributed by atoms with van der Waals surface area (Å²) in [5, 5.41) is 15.2. The average molecular weight is 406 g/mol. The Labute approximate surface area is 170 Å². The zero-order valence-corrected chi connectivity index (χ0v) is 15.9. The minimum absolute atomic E-state index is 0.00444. The number of aromatic hydroxyl groups is 1. The normalized spacial score (nSPS) is 11.3. The van der Waals surface area contributed by atoms with E-state index in [1.807, 2.05) is 24.3 Å². The number of pyridine rings is 1. The van der Waals surface area contributed by atoms with Gasteiger partial charge in [-0.05, 0) is 42.5 Å². The summed E-state index contributed by atoms with van der Waals surface area (Å²) in [7, 11) is 0. The van der Waals surface area contributed by atoms with Gasteiger partial charge in [-0.25, -0.2) is 5.43 Å². The van der Waals surface area contributed by atoms with Gasteiger partial charge in [-0.3, -0.25) is 9.59 Å². The molecule has 3 aromatic carbocycles. The highest BCUT2D eigenvalue weighted by Gasteiger charge is 2.12. The number of hydrogen-bond acceptors (Lipinski definition) is 4. The predicted molar refractivity (Wildman–Crippen MR) is 115 cm³/mol. The number of amides is 1. The van der Waals surface area contributed by atoms with Crippen molar-refractivity contribution in [3.8, 4) is 5.75 Å². The van der Waals surface area contributed by atoms with Crippen LogP contribution >= 0.6 is 11.6 Å². The largest absolute Gasteiger partial charge is 0.507 e. The van der Waals surface area contributed by atoms with Crippen molar-refractivity contribution in [1.29, 1.82) is 0 Å². The number of carbonyl (C=O) groups excluding carboxylic acids is 1. The smallest absolute Gasteiger partial charge is 0.260 e. The van der Waals surface area contributed by atoms with Gasteiger partial charge in [0, 0.05) is 21.4 Å². The van der Waals surface area contributed by atoms with Gasteiger partial charge in [0.2, 0.25) is 0 Å². The second-order valence-electron chi connectivity index (χ2n) is 6.45. The minimum atomic E-state index is -0.373. The van der Waals surface area contributed by atoms with Gasteiger partial charge < -0.3 is 9.67 Å². The maximum Gasteiger partial charge on any atom is 0.260 e. The second kappa shape index (κ2) is 7.77. The van der Waals surface area contributed by atoms with Crippen molar-refractivity contribution in [2.24, 2.45) is 5.10 Å². The Morgan fingerprint density at radius 3 is 2.31 bits per heavy atom. The number of hydrazone groups is 1. The van der Waals surface area contributed by atoms with Crippen molar-refractivity contribution in [1.82, 2.24) is 9.99 Å². The summed E-state index contributed by atoms with van der Waals surface area (Å²) in [5.74, 6) is -0.369. The average Bonchev–Trinajstić information content (AvgIpc) is 2.73. The Balaban J connectivity index is 1.66. The number of carbonyl (C=O) groups is 1. The number of nitrogens with one attached hydrogen (secondary N) is 1. The zero-order chi connectivity index (χ0) is 20.4. The summed E-state index contributed by atoms with van der Waals surface area (Å²) < 4.78 is 1.79. The number of nitrogens with zero attached hydrogens (tertiary/aromatic N) is 2. The molecule has 0 aliphatic heterocycles. The highest BCUT2D eigenvalue weighted by molar-refractivity contribution is 6.30. The molecule has 6 nitrogen and oxygen atoms in total. The first-order chi connectivity index (χ1) is 14.0. The number of aromatic nitrogens is 1. The molecule has 1 amide bonds. The van der Waals surface area contributed by atoms with Crippen LogP contribution in [0.5, 0.6) is 5.75 Å². The number of phenols is 1. The molecule has 144 valence electrons. The first kappa shape index (κ1) is 18.7. The summed E-state index contributed by atoms with van der Waals surface area (Å²) >= 11 is 5.90. The molecule has 1 heterocycles. The van der Waals surface area contributed by atoms with Crippen LogP contribution in [0.1, 0.15) is 5.56 Å². The lowest BCUT2D eigenvalue weighted by atomic mass is 10.1. The molecule has 0 unspecified atom stereocenters. The highest BCUT2D eigenvalue weighted by Crippen LogP contribution is 2.20. The summed E-state index contributed by atoms with van der Waals surface area (Å²) in [6, 6.07) is 18.9. The lowest BCUT2D eigenvalue weighted by Gasteiger charge is -2.14. The fourth-order valence-electron chi connectivity index (χ4n) is 3.23. The van der Waals surface area contributed by atoms with E-state index in [0.29, 0.717) is 32.4 Å². The molecule has 4 aromatic rings. The zero-order valence-electron chi connectivity index (χ0n) is 15.2. The van der Waals surface area contributed by atoms with E-state index in [0.717, 1.165) is 0 Å². The molecule has 0 radical (unpaired) electrons. The van der Waals surface area contributed by atoms with Crippen molar-refractivity contribution in [2.75, 3.05) is 0 Å². The van der Waals surface area contributed by atoms with Crippen molar-refractivity contribution in [3.63, 3.8) is 0 Å². The topological polar surface area (TPSA) is 83.7 Å². The van der Waals surface area contributed by atoms with E-state index in [-0.39, 0.29) is 23.6 Å². The molecule has 0 fully saturated rings. The van der Waals surface area contributed by atoms with E-state index < -0.39 is 0 Å². The van der Waals surface area contributed by atoms with Gasteiger partial charge in [-0.1, -0.05) is 35.9 Å². The summed E-state index contributed by atoms with van der Waals surface area (Å²) in [4.78, 5) is 25.3. The molecule has 0 spiro atoms. The number of hydrogen-bond donors (Lipinski definition) is 2. The number of halogens is 1. The van der Waals surface area contributed by atoms with E-state index in [9.17, 15) is 14.7 Å². The fourth-order valence-corrected chi connectivity index (χ4v) is 3.41. The summed E-state index contributed by atoms with van der Waals surface area (Å²) in [5.41, 5.74) is 4.11. The Kier molecular flexibility index (Phi) is 5.01.